The normalized spacial score (nSPS) is 19.8. The second-order valence-electron chi connectivity index (χ2n) is 34.7. The molecule has 674 valence electrons. The molecule has 0 aromatic heterocycles. The van der Waals surface area contributed by atoms with Gasteiger partial charge in [-0.3, -0.25) is 52.7 Å². The van der Waals surface area contributed by atoms with E-state index in [-0.39, 0.29) is 44.7 Å². The van der Waals surface area contributed by atoms with Crippen LogP contribution in [-0.4, -0.2) is 246 Å². The molecule has 1 aliphatic rings. The monoisotopic (exact) mass is 1690 g/mol. The zero-order valence-electron chi connectivity index (χ0n) is 73.0. The molecule has 2 rings (SSSR count). The lowest BCUT2D eigenvalue weighted by atomic mass is 10.00. The van der Waals surface area contributed by atoms with E-state index in [1.165, 1.54) is 0 Å². The number of benzene rings is 1. The highest BCUT2D eigenvalue weighted by Crippen LogP contribution is 2.16. The SMILES string of the molecule is CCCCCCCC(=O)N[C@@H](CCNC(=O)OC(C)(C)C)C(=O)NC(C(=O)N[C@@H](CCNC(=O)OC(C)(C)C)C(=O)NC1CCNC(=O)[C@H]([C@@H](C)O)NC(=O)[C@H](CCNC(=O)OC(C)(C)C)NC(=O)[C@H](CCNC(=O)OC(C)(C)C)NC(=O)[C@H](CC(C)C)NC(=O)[C@@H](Cc2ccccc2)NC(=O)[C@H](CCNC(=O)OC(C)(C)C)NC1=O)C(C)O. The van der Waals surface area contributed by atoms with Gasteiger partial charge in [0.15, 0.2) is 0 Å². The lowest BCUT2D eigenvalue weighted by molar-refractivity contribution is -0.137. The second kappa shape index (κ2) is 50.5. The Morgan fingerprint density at radius 2 is 0.815 bits per heavy atom. The van der Waals surface area contributed by atoms with Crippen molar-refractivity contribution in [2.75, 3.05) is 39.3 Å². The molecule has 1 aromatic rings. The lowest BCUT2D eigenvalue weighted by Crippen LogP contribution is -2.62. The highest BCUT2D eigenvalue weighted by atomic mass is 16.6. The van der Waals surface area contributed by atoms with Crippen molar-refractivity contribution in [2.24, 2.45) is 5.92 Å². The van der Waals surface area contributed by atoms with E-state index in [2.05, 4.69) is 85.1 Å². The van der Waals surface area contributed by atoms with E-state index >= 15 is 19.2 Å². The van der Waals surface area contributed by atoms with Gasteiger partial charge in [0, 0.05) is 52.1 Å². The van der Waals surface area contributed by atoms with Crippen molar-refractivity contribution >= 4 is 95.4 Å². The van der Waals surface area contributed by atoms with E-state index in [0.29, 0.717) is 18.4 Å². The van der Waals surface area contributed by atoms with Gasteiger partial charge in [0.05, 0.1) is 12.2 Å². The van der Waals surface area contributed by atoms with Gasteiger partial charge in [0.25, 0.3) is 0 Å². The fraction of sp³-hybridized carbons (Fsp3) is 0.725. The third-order valence-electron chi connectivity index (χ3n) is 16.9. The fourth-order valence-corrected chi connectivity index (χ4v) is 11.4. The minimum Gasteiger partial charge on any atom is -0.444 e. The number of aliphatic hydroxyl groups is 2. The van der Waals surface area contributed by atoms with Crippen LogP contribution in [0, 0.1) is 5.92 Å². The average Bonchev–Trinajstić information content (AvgIpc) is 1.22. The van der Waals surface area contributed by atoms with Crippen LogP contribution in [0.5, 0.6) is 0 Å². The van der Waals surface area contributed by atoms with Crippen LogP contribution in [-0.2, 0) is 82.8 Å². The zero-order valence-corrected chi connectivity index (χ0v) is 73.0. The molecule has 1 aliphatic heterocycles. The molecule has 1 fully saturated rings. The van der Waals surface area contributed by atoms with Crippen LogP contribution in [0.2, 0.25) is 0 Å². The summed E-state index contributed by atoms with van der Waals surface area (Å²) in [6.45, 7) is 29.1. The van der Waals surface area contributed by atoms with Crippen LogP contribution >= 0.6 is 0 Å². The van der Waals surface area contributed by atoms with Gasteiger partial charge in [0.2, 0.25) is 65.0 Å². The Hall–Kier alpha value is -10.3. The number of ether oxygens (including phenoxy) is 5. The molecule has 0 spiro atoms. The van der Waals surface area contributed by atoms with Crippen molar-refractivity contribution in [1.82, 2.24) is 85.1 Å². The summed E-state index contributed by atoms with van der Waals surface area (Å²) in [7, 11) is 0. The lowest BCUT2D eigenvalue weighted by Gasteiger charge is -2.29. The van der Waals surface area contributed by atoms with Gasteiger partial charge >= 0.3 is 30.5 Å². The summed E-state index contributed by atoms with van der Waals surface area (Å²) in [5.74, 6) is -12.1. The summed E-state index contributed by atoms with van der Waals surface area (Å²) in [6.07, 6.45) is -7.53. The summed E-state index contributed by atoms with van der Waals surface area (Å²) in [4.78, 5) is 228. The smallest absolute Gasteiger partial charge is 0.407 e. The van der Waals surface area contributed by atoms with Gasteiger partial charge in [-0.1, -0.05) is 76.8 Å². The first-order chi connectivity index (χ1) is 55.1. The minimum absolute atomic E-state index is 0.00579. The summed E-state index contributed by atoms with van der Waals surface area (Å²) < 4.78 is 26.9. The molecule has 1 saturated heterocycles. The quantitative estimate of drug-likeness (QED) is 0.0348. The first-order valence-corrected chi connectivity index (χ1v) is 40.7. The van der Waals surface area contributed by atoms with Gasteiger partial charge in [-0.05, 0) is 181 Å². The zero-order chi connectivity index (χ0) is 90.3. The number of amides is 16. The average molecular weight is 1690 g/mol. The molecule has 0 bridgehead atoms. The van der Waals surface area contributed by atoms with Crippen LogP contribution in [0.15, 0.2) is 30.3 Å². The maximum atomic E-state index is 15.4. The summed E-state index contributed by atoms with van der Waals surface area (Å²) in [5.41, 5.74) is -4.48. The fourth-order valence-electron chi connectivity index (χ4n) is 11.4. The molecule has 1 heterocycles. The number of unbranched alkanes of at least 4 members (excludes halogenated alkanes) is 4. The Morgan fingerprint density at radius 1 is 0.437 bits per heavy atom. The van der Waals surface area contributed by atoms with Gasteiger partial charge < -0.3 is 119 Å². The molecule has 18 N–H and O–H groups in total. The largest absolute Gasteiger partial charge is 0.444 e. The molecule has 0 saturated carbocycles. The van der Waals surface area contributed by atoms with E-state index in [0.717, 1.165) is 33.1 Å². The van der Waals surface area contributed by atoms with Crippen LogP contribution < -0.4 is 85.1 Å². The van der Waals surface area contributed by atoms with Crippen LogP contribution in [0.3, 0.4) is 0 Å². The van der Waals surface area contributed by atoms with E-state index in [9.17, 15) is 67.7 Å². The third-order valence-corrected chi connectivity index (χ3v) is 16.9. The Morgan fingerprint density at radius 3 is 1.23 bits per heavy atom. The Bertz CT molecular complexity index is 3510. The van der Waals surface area contributed by atoms with Crippen molar-refractivity contribution in [2.45, 2.75) is 329 Å². The standard InChI is InChI=1S/C80H136N16O23/c1-21-22-23-24-28-31-58(99)87-50(33-39-82-71(110)115-76(6,7)8)65(104)96-60(48(5)98)70(109)92-54(36-42-85-74(113)118-79(15,16)17)63(102)88-51-32-38-81-69(108)59(47(4)97)95-66(105)55(37-43-86-75(114)119-80(18,19)20)90-62(101)52(34-40-83-72(111)116-77(9,10)11)91-67(106)56(44-46(2)3)93-68(107)57(45-49-29-26-25-27-30-49)94-64(103)53(89-61(51)100)35-41-84-73(112)117-78(12,13)14/h25-27,29-30,46-48,50-57,59-60,97-98H,21-24,28,31-45H2,1-20H3,(H,81,108)(H,82,110)(H,83,111)(H,84,112)(H,85,113)(H,86,114)(H,87,99)(H,88,102)(H,89,100)(H,90,101)(H,91,106)(H,92,109)(H,93,107)(H,94,103)(H,95,105)(H,96,104)/t47-,48?,50+,51?,52+,53+,54+,55+,56+,57-,59+,60?/m1/s1. The maximum Gasteiger partial charge on any atom is 0.407 e. The second-order valence-corrected chi connectivity index (χ2v) is 34.7. The Labute approximate surface area is 698 Å². The first-order valence-electron chi connectivity index (χ1n) is 40.7. The minimum atomic E-state index is -1.95. The van der Waals surface area contributed by atoms with Gasteiger partial charge in [0.1, 0.15) is 88.4 Å². The van der Waals surface area contributed by atoms with E-state index in [1.807, 2.05) is 6.92 Å². The molecule has 0 radical (unpaired) electrons. The van der Waals surface area contributed by atoms with E-state index in [1.54, 1.807) is 148 Å². The van der Waals surface area contributed by atoms with Crippen molar-refractivity contribution in [3.05, 3.63) is 35.9 Å². The van der Waals surface area contributed by atoms with Gasteiger partial charge in [-0.25, -0.2) is 24.0 Å². The van der Waals surface area contributed by atoms with Crippen LogP contribution in [0.25, 0.3) is 0 Å². The van der Waals surface area contributed by atoms with Crippen molar-refractivity contribution in [3.8, 4) is 0 Å². The molecular formula is C80H136N16O23. The molecule has 1 aromatic carbocycles. The topological polar surface area (TPSA) is 552 Å². The number of carbonyl (C=O) groups excluding carboxylic acids is 16. The van der Waals surface area contributed by atoms with E-state index in [4.69, 9.17) is 23.7 Å². The Balaban J connectivity index is 3.11. The van der Waals surface area contributed by atoms with Crippen molar-refractivity contribution < 1.29 is 111 Å². The van der Waals surface area contributed by atoms with Crippen molar-refractivity contribution in [3.63, 3.8) is 0 Å². The summed E-state index contributed by atoms with van der Waals surface area (Å²) in [6, 6.07) is -9.26. The van der Waals surface area contributed by atoms with Gasteiger partial charge in [-0.15, -0.1) is 0 Å². The number of rotatable bonds is 34. The highest BCUT2D eigenvalue weighted by Gasteiger charge is 2.39. The first kappa shape index (κ1) is 105. The highest BCUT2D eigenvalue weighted by molar-refractivity contribution is 5.99. The summed E-state index contributed by atoms with van der Waals surface area (Å²) in [5, 5.41) is 63.2. The molecule has 3 unspecified atom stereocenters. The number of nitrogens with one attached hydrogen (secondary N) is 16. The molecule has 16 amide bonds. The predicted octanol–water partition coefficient (Wildman–Crippen LogP) is 2.34. The number of alkyl carbamates (subject to hydrolysis) is 5. The van der Waals surface area contributed by atoms with Crippen LogP contribution in [0.4, 0.5) is 24.0 Å². The number of hydrogen-bond acceptors (Lipinski definition) is 23. The number of aliphatic hydroxyl groups excluding tert-OH is 2. The molecule has 39 nitrogen and oxygen atoms in total. The molecule has 39 heteroatoms. The van der Waals surface area contributed by atoms with Gasteiger partial charge in [-0.2, -0.15) is 0 Å². The van der Waals surface area contributed by atoms with Crippen LogP contribution in [0.1, 0.15) is 228 Å². The van der Waals surface area contributed by atoms with Crippen molar-refractivity contribution in [1.29, 1.82) is 0 Å². The number of hydrogen-bond donors (Lipinski definition) is 18. The maximum absolute atomic E-state index is 15.4. The number of carbonyl (C=O) groups is 16. The Kier molecular flexibility index (Phi) is 44.5. The molecule has 119 heavy (non-hydrogen) atoms. The molecular weight excluding hydrogens is 1550 g/mol. The summed E-state index contributed by atoms with van der Waals surface area (Å²) >= 11 is 0. The molecule has 12 atom stereocenters. The predicted molar refractivity (Wildman–Crippen MR) is 438 cm³/mol. The van der Waals surface area contributed by atoms with E-state index < -0.39 is 254 Å². The third kappa shape index (κ3) is 46.0. The molecule has 0 aliphatic carbocycles.